The molecular weight excluding hydrogens is 256 g/mol. The van der Waals surface area contributed by atoms with Crippen molar-refractivity contribution < 1.29 is 14.4 Å². The van der Waals surface area contributed by atoms with Crippen LogP contribution in [-0.2, 0) is 9.57 Å². The number of ether oxygens (including phenoxy) is 1. The Bertz CT molecular complexity index is 313. The van der Waals surface area contributed by atoms with Crippen LogP contribution >= 0.6 is 0 Å². The third kappa shape index (κ3) is 5.29. The third-order valence-electron chi connectivity index (χ3n) is 3.20. The van der Waals surface area contributed by atoms with Crippen LogP contribution in [-0.4, -0.2) is 53.4 Å². The quantitative estimate of drug-likeness (QED) is 0.745. The summed E-state index contributed by atoms with van der Waals surface area (Å²) in [6.45, 7) is 14.0. The molecule has 1 saturated heterocycles. The molecule has 0 N–H and O–H groups in total. The smallest absolute Gasteiger partial charge is 0.410 e. The van der Waals surface area contributed by atoms with Gasteiger partial charge >= 0.3 is 6.09 Å². The molecule has 0 aliphatic carbocycles. The highest BCUT2D eigenvalue weighted by Crippen LogP contribution is 2.20. The van der Waals surface area contributed by atoms with Gasteiger partial charge in [-0.3, -0.25) is 4.84 Å². The molecule has 1 atom stereocenters. The van der Waals surface area contributed by atoms with Crippen molar-refractivity contribution in [3.63, 3.8) is 0 Å². The lowest BCUT2D eigenvalue weighted by Crippen LogP contribution is -2.52. The summed E-state index contributed by atoms with van der Waals surface area (Å²) >= 11 is 0. The summed E-state index contributed by atoms with van der Waals surface area (Å²) in [7, 11) is 0. The molecule has 0 saturated carbocycles. The molecule has 0 spiro atoms. The van der Waals surface area contributed by atoms with Gasteiger partial charge in [0, 0.05) is 19.1 Å². The molecule has 5 heteroatoms. The molecule has 0 radical (unpaired) electrons. The van der Waals surface area contributed by atoms with E-state index in [2.05, 4.69) is 13.8 Å². The highest BCUT2D eigenvalue weighted by molar-refractivity contribution is 5.68. The lowest BCUT2D eigenvalue weighted by molar-refractivity contribution is -0.210. The van der Waals surface area contributed by atoms with Gasteiger partial charge in [-0.1, -0.05) is 0 Å². The second-order valence-corrected chi connectivity index (χ2v) is 6.59. The monoisotopic (exact) mass is 286 g/mol. The minimum absolute atomic E-state index is 0.220. The van der Waals surface area contributed by atoms with Gasteiger partial charge in [0.2, 0.25) is 0 Å². The summed E-state index contributed by atoms with van der Waals surface area (Å²) in [5.41, 5.74) is -0.443. The van der Waals surface area contributed by atoms with Crippen LogP contribution in [0, 0.1) is 0 Å². The predicted octanol–water partition coefficient (Wildman–Crippen LogP) is 3.05. The number of amides is 1. The molecule has 0 bridgehead atoms. The second-order valence-electron chi connectivity index (χ2n) is 6.59. The van der Waals surface area contributed by atoms with E-state index in [9.17, 15) is 4.79 Å². The zero-order chi connectivity index (χ0) is 15.3. The molecule has 1 rings (SSSR count). The molecular formula is C15H30N2O3. The first-order chi connectivity index (χ1) is 9.24. The Kier molecular flexibility index (Phi) is 6.27. The van der Waals surface area contributed by atoms with Gasteiger partial charge in [0.05, 0.1) is 12.6 Å². The Balaban J connectivity index is 2.63. The van der Waals surface area contributed by atoms with Crippen molar-refractivity contribution in [1.82, 2.24) is 9.96 Å². The molecule has 0 aromatic heterocycles. The molecule has 1 unspecified atom stereocenters. The van der Waals surface area contributed by atoms with Crippen molar-refractivity contribution in [1.29, 1.82) is 0 Å². The van der Waals surface area contributed by atoms with Crippen LogP contribution in [0.5, 0.6) is 0 Å². The van der Waals surface area contributed by atoms with Crippen LogP contribution in [0.1, 0.15) is 54.4 Å². The summed E-state index contributed by atoms with van der Waals surface area (Å²) < 4.78 is 5.45. The molecule has 20 heavy (non-hydrogen) atoms. The molecule has 0 aromatic rings. The Morgan fingerprint density at radius 3 is 2.55 bits per heavy atom. The van der Waals surface area contributed by atoms with Crippen LogP contribution in [0.3, 0.4) is 0 Å². The number of likely N-dealkylation sites (tertiary alicyclic amines) is 1. The zero-order valence-electron chi connectivity index (χ0n) is 13.8. The van der Waals surface area contributed by atoms with Gasteiger partial charge < -0.3 is 9.64 Å². The van der Waals surface area contributed by atoms with E-state index in [1.807, 2.05) is 32.8 Å². The van der Waals surface area contributed by atoms with Crippen molar-refractivity contribution in [3.05, 3.63) is 0 Å². The van der Waals surface area contributed by atoms with Crippen molar-refractivity contribution in [2.75, 3.05) is 19.7 Å². The summed E-state index contributed by atoms with van der Waals surface area (Å²) in [6, 6.07) is 0.551. The molecule has 1 fully saturated rings. The third-order valence-corrected chi connectivity index (χ3v) is 3.20. The van der Waals surface area contributed by atoms with Crippen LogP contribution < -0.4 is 0 Å². The van der Waals surface area contributed by atoms with Crippen LogP contribution in [0.2, 0.25) is 0 Å². The number of hydrogen-bond acceptors (Lipinski definition) is 4. The number of piperidine rings is 1. The maximum Gasteiger partial charge on any atom is 0.410 e. The first-order valence-corrected chi connectivity index (χ1v) is 7.63. The molecule has 1 aliphatic heterocycles. The normalized spacial score (nSPS) is 20.6. The largest absolute Gasteiger partial charge is 0.444 e. The molecule has 1 aliphatic rings. The summed E-state index contributed by atoms with van der Waals surface area (Å²) in [5, 5.41) is 2.02. The molecule has 0 aromatic carbocycles. The van der Waals surface area contributed by atoms with E-state index < -0.39 is 5.60 Å². The van der Waals surface area contributed by atoms with Gasteiger partial charge in [0.1, 0.15) is 5.60 Å². The van der Waals surface area contributed by atoms with Crippen LogP contribution in [0.4, 0.5) is 4.79 Å². The fourth-order valence-corrected chi connectivity index (χ4v) is 2.48. The standard InChI is InChI=1S/C15H30N2O3/c1-7-19-17(12(2)3)13-9-8-10-16(11-13)14(18)20-15(4,5)6/h12-13H,7-11H2,1-6H3. The highest BCUT2D eigenvalue weighted by atomic mass is 16.7. The van der Waals surface area contributed by atoms with Crippen molar-refractivity contribution in [2.24, 2.45) is 0 Å². The number of rotatable bonds is 4. The Morgan fingerprint density at radius 2 is 2.05 bits per heavy atom. The minimum Gasteiger partial charge on any atom is -0.444 e. The van der Waals surface area contributed by atoms with Gasteiger partial charge in [0.15, 0.2) is 0 Å². The Morgan fingerprint density at radius 1 is 1.40 bits per heavy atom. The van der Waals surface area contributed by atoms with Gasteiger partial charge in [-0.05, 0) is 54.4 Å². The summed E-state index contributed by atoms with van der Waals surface area (Å²) in [4.78, 5) is 19.7. The number of carbonyl (C=O) groups excluding carboxylic acids is 1. The van der Waals surface area contributed by atoms with E-state index in [0.717, 1.165) is 19.4 Å². The molecule has 118 valence electrons. The number of nitrogens with zero attached hydrogens (tertiary/aromatic N) is 2. The van der Waals surface area contributed by atoms with Gasteiger partial charge in [-0.2, -0.15) is 5.06 Å². The maximum absolute atomic E-state index is 12.2. The van der Waals surface area contributed by atoms with E-state index in [-0.39, 0.29) is 12.1 Å². The number of hydroxylamine groups is 2. The highest BCUT2D eigenvalue weighted by Gasteiger charge is 2.31. The number of hydrogen-bond donors (Lipinski definition) is 0. The Hall–Kier alpha value is -0.810. The van der Waals surface area contributed by atoms with Gasteiger partial charge in [-0.15, -0.1) is 0 Å². The fraction of sp³-hybridized carbons (Fsp3) is 0.933. The van der Waals surface area contributed by atoms with Crippen molar-refractivity contribution in [2.45, 2.75) is 72.1 Å². The van der Waals surface area contributed by atoms with E-state index in [1.54, 1.807) is 4.90 Å². The first kappa shape index (κ1) is 17.2. The second kappa shape index (κ2) is 7.27. The van der Waals surface area contributed by atoms with Gasteiger partial charge in [-0.25, -0.2) is 4.79 Å². The van der Waals surface area contributed by atoms with E-state index >= 15 is 0 Å². The number of carbonyl (C=O) groups is 1. The van der Waals surface area contributed by atoms with Gasteiger partial charge in [0.25, 0.3) is 0 Å². The predicted molar refractivity (Wildman–Crippen MR) is 79.4 cm³/mol. The zero-order valence-corrected chi connectivity index (χ0v) is 13.8. The Labute approximate surface area is 123 Å². The van der Waals surface area contributed by atoms with Crippen molar-refractivity contribution >= 4 is 6.09 Å². The van der Waals surface area contributed by atoms with Crippen LogP contribution in [0.15, 0.2) is 0 Å². The first-order valence-electron chi connectivity index (χ1n) is 7.63. The van der Waals surface area contributed by atoms with E-state index in [4.69, 9.17) is 9.57 Å². The van der Waals surface area contributed by atoms with E-state index in [1.165, 1.54) is 0 Å². The average Bonchev–Trinajstić information content (AvgIpc) is 2.33. The molecule has 1 amide bonds. The lowest BCUT2D eigenvalue weighted by atomic mass is 10.0. The fourth-order valence-electron chi connectivity index (χ4n) is 2.48. The maximum atomic E-state index is 12.2. The van der Waals surface area contributed by atoms with Crippen molar-refractivity contribution in [3.8, 4) is 0 Å². The average molecular weight is 286 g/mol. The van der Waals surface area contributed by atoms with Crippen LogP contribution in [0.25, 0.3) is 0 Å². The molecule has 1 heterocycles. The summed E-state index contributed by atoms with van der Waals surface area (Å²) in [5.74, 6) is 0. The minimum atomic E-state index is -0.443. The lowest BCUT2D eigenvalue weighted by Gasteiger charge is -2.40. The topological polar surface area (TPSA) is 42.0 Å². The SMILES string of the molecule is CCON(C(C)C)C1CCCN(C(=O)OC(C)(C)C)C1. The van der Waals surface area contributed by atoms with E-state index in [0.29, 0.717) is 19.2 Å². The molecule has 5 nitrogen and oxygen atoms in total. The summed E-state index contributed by atoms with van der Waals surface area (Å²) in [6.07, 6.45) is 1.82.